The number of amidine groups is 1. The summed E-state index contributed by atoms with van der Waals surface area (Å²) in [4.78, 5) is 28.4. The normalized spacial score (nSPS) is 15.7. The molecule has 0 aliphatic carbocycles. The second kappa shape index (κ2) is 10.2. The maximum absolute atomic E-state index is 12.6. The summed E-state index contributed by atoms with van der Waals surface area (Å²) in [6.07, 6.45) is 0. The zero-order valence-electron chi connectivity index (χ0n) is 17.5. The number of carbonyl (C=O) groups is 2. The topological polar surface area (TPSA) is 97.2 Å². The van der Waals surface area contributed by atoms with E-state index in [1.54, 1.807) is 38.3 Å². The highest BCUT2D eigenvalue weighted by Crippen LogP contribution is 2.34. The number of aromatic carboxylic acids is 1. The van der Waals surface area contributed by atoms with E-state index < -0.39 is 18.0 Å². The van der Waals surface area contributed by atoms with Crippen molar-refractivity contribution >= 4 is 28.9 Å². The number of hydrogen-bond acceptors (Lipinski definition) is 7. The number of benzene rings is 2. The molecular formula is C23H24N2O5S. The lowest BCUT2D eigenvalue weighted by Gasteiger charge is -2.26. The molecule has 2 aromatic rings. The van der Waals surface area contributed by atoms with Crippen LogP contribution in [0.5, 0.6) is 5.75 Å². The Hall–Kier alpha value is -3.26. The number of methoxy groups -OCH3 is 1. The summed E-state index contributed by atoms with van der Waals surface area (Å²) < 4.78 is 10.5. The van der Waals surface area contributed by atoms with Gasteiger partial charge in [-0.3, -0.25) is 0 Å². The standard InChI is InChI=1S/C23H24N2O5S/c1-4-30-22(28)19-14(2)24-23(25-20(19)16-9-11-18(29-3)12-10-16)31-13-15-5-7-17(8-6-15)21(26)27/h5-12,20H,4,13H2,1-3H3,(H,24,25)(H,26,27)/t20-/m0/s1. The molecule has 3 rings (SSSR count). The van der Waals surface area contributed by atoms with Gasteiger partial charge in [-0.2, -0.15) is 0 Å². The van der Waals surface area contributed by atoms with Crippen LogP contribution in [0, 0.1) is 0 Å². The van der Waals surface area contributed by atoms with Crippen LogP contribution in [0.4, 0.5) is 0 Å². The lowest BCUT2D eigenvalue weighted by Crippen LogP contribution is -2.30. The maximum Gasteiger partial charge on any atom is 0.338 e. The summed E-state index contributed by atoms with van der Waals surface area (Å²) in [6, 6.07) is 13.7. The summed E-state index contributed by atoms with van der Waals surface area (Å²) in [5, 5.41) is 12.9. The van der Waals surface area contributed by atoms with Crippen molar-refractivity contribution in [3.05, 3.63) is 76.5 Å². The Labute approximate surface area is 185 Å². The minimum atomic E-state index is -0.952. The third-order valence-corrected chi connectivity index (χ3v) is 5.68. The van der Waals surface area contributed by atoms with Crippen LogP contribution in [0.25, 0.3) is 0 Å². The first-order chi connectivity index (χ1) is 14.9. The summed E-state index contributed by atoms with van der Waals surface area (Å²) >= 11 is 1.48. The van der Waals surface area contributed by atoms with E-state index in [2.05, 4.69) is 5.32 Å². The lowest BCUT2D eigenvalue weighted by atomic mass is 9.96. The van der Waals surface area contributed by atoms with Crippen LogP contribution in [0.1, 0.15) is 41.4 Å². The van der Waals surface area contributed by atoms with E-state index in [9.17, 15) is 9.59 Å². The van der Waals surface area contributed by atoms with E-state index in [-0.39, 0.29) is 12.2 Å². The van der Waals surface area contributed by atoms with Crippen molar-refractivity contribution in [2.45, 2.75) is 25.6 Å². The molecule has 0 bridgehead atoms. The number of allylic oxidation sites excluding steroid dienone is 1. The first-order valence-electron chi connectivity index (χ1n) is 9.74. The van der Waals surface area contributed by atoms with E-state index in [0.29, 0.717) is 22.2 Å². The molecule has 162 valence electrons. The molecule has 0 unspecified atom stereocenters. The van der Waals surface area contributed by atoms with Gasteiger partial charge in [0.1, 0.15) is 11.8 Å². The van der Waals surface area contributed by atoms with Crippen molar-refractivity contribution in [3.8, 4) is 5.75 Å². The molecule has 1 aliphatic rings. The molecule has 0 amide bonds. The molecule has 0 spiro atoms. The number of hydrogen-bond donors (Lipinski definition) is 2. The van der Waals surface area contributed by atoms with Gasteiger partial charge in [0.25, 0.3) is 0 Å². The molecule has 1 atom stereocenters. The van der Waals surface area contributed by atoms with E-state index in [4.69, 9.17) is 19.6 Å². The van der Waals surface area contributed by atoms with Crippen LogP contribution >= 0.6 is 11.8 Å². The first kappa shape index (κ1) is 22.4. The fourth-order valence-electron chi connectivity index (χ4n) is 3.12. The monoisotopic (exact) mass is 440 g/mol. The Morgan fingerprint density at radius 1 is 1.13 bits per heavy atom. The van der Waals surface area contributed by atoms with E-state index in [1.165, 1.54) is 11.8 Å². The summed E-state index contributed by atoms with van der Waals surface area (Å²) in [5.74, 6) is -0.0275. The van der Waals surface area contributed by atoms with E-state index >= 15 is 0 Å². The number of thioether (sulfide) groups is 1. The molecule has 8 heteroatoms. The number of carbonyl (C=O) groups excluding carboxylic acids is 1. The minimum absolute atomic E-state index is 0.249. The lowest BCUT2D eigenvalue weighted by molar-refractivity contribution is -0.138. The van der Waals surface area contributed by atoms with Crippen LogP contribution < -0.4 is 10.1 Å². The van der Waals surface area contributed by atoms with Gasteiger partial charge in [-0.1, -0.05) is 36.0 Å². The summed E-state index contributed by atoms with van der Waals surface area (Å²) in [6.45, 7) is 3.88. The summed E-state index contributed by atoms with van der Waals surface area (Å²) in [5.41, 5.74) is 3.24. The predicted molar refractivity (Wildman–Crippen MR) is 120 cm³/mol. The van der Waals surface area contributed by atoms with Gasteiger partial charge >= 0.3 is 11.9 Å². The van der Waals surface area contributed by atoms with Crippen molar-refractivity contribution in [1.82, 2.24) is 5.32 Å². The van der Waals surface area contributed by atoms with Gasteiger partial charge in [0.15, 0.2) is 5.17 Å². The van der Waals surface area contributed by atoms with Gasteiger partial charge in [-0.15, -0.1) is 0 Å². The average molecular weight is 441 g/mol. The maximum atomic E-state index is 12.6. The number of carboxylic acid groups (broad SMARTS) is 1. The zero-order valence-corrected chi connectivity index (χ0v) is 18.4. The molecule has 2 aromatic carbocycles. The molecule has 0 aromatic heterocycles. The molecule has 0 fully saturated rings. The van der Waals surface area contributed by atoms with E-state index in [0.717, 1.165) is 16.9 Å². The fourth-order valence-corrected chi connectivity index (χ4v) is 4.02. The molecule has 0 saturated carbocycles. The van der Waals surface area contributed by atoms with Crippen LogP contribution in [0.15, 0.2) is 64.8 Å². The molecular weight excluding hydrogens is 416 g/mol. The highest BCUT2D eigenvalue weighted by molar-refractivity contribution is 8.13. The number of esters is 1. The Morgan fingerprint density at radius 2 is 1.81 bits per heavy atom. The second-order valence-corrected chi connectivity index (χ2v) is 7.75. The van der Waals surface area contributed by atoms with Crippen molar-refractivity contribution in [1.29, 1.82) is 0 Å². The van der Waals surface area contributed by atoms with Crippen LogP contribution in [0.3, 0.4) is 0 Å². The smallest absolute Gasteiger partial charge is 0.338 e. The number of nitrogens with one attached hydrogen (secondary N) is 1. The van der Waals surface area contributed by atoms with Gasteiger partial charge in [-0.05, 0) is 49.2 Å². The average Bonchev–Trinajstić information content (AvgIpc) is 2.77. The number of rotatable bonds is 7. The van der Waals surface area contributed by atoms with Crippen molar-refractivity contribution in [3.63, 3.8) is 0 Å². The van der Waals surface area contributed by atoms with E-state index in [1.807, 2.05) is 31.2 Å². The SMILES string of the molecule is CCOC(=O)C1=C(C)NC(SCc2ccc(C(=O)O)cc2)=N[C@H]1c1ccc(OC)cc1. The zero-order chi connectivity index (χ0) is 22.4. The third kappa shape index (κ3) is 5.46. The molecule has 2 N–H and O–H groups in total. The molecule has 0 saturated heterocycles. The Balaban J connectivity index is 1.84. The Kier molecular flexibility index (Phi) is 7.36. The third-order valence-electron chi connectivity index (χ3n) is 4.72. The molecule has 1 aliphatic heterocycles. The number of carboxylic acids is 1. The van der Waals surface area contributed by atoms with Crippen LogP contribution in [-0.2, 0) is 15.3 Å². The molecule has 7 nitrogen and oxygen atoms in total. The fraction of sp³-hybridized carbons (Fsp3) is 0.261. The largest absolute Gasteiger partial charge is 0.497 e. The second-order valence-electron chi connectivity index (χ2n) is 6.78. The first-order valence-corrected chi connectivity index (χ1v) is 10.7. The number of aliphatic imine (C=N–C) groups is 1. The van der Waals surface area contributed by atoms with Gasteiger partial charge in [0, 0.05) is 11.4 Å². The molecule has 1 heterocycles. The number of ether oxygens (including phenoxy) is 2. The van der Waals surface area contributed by atoms with Gasteiger partial charge in [-0.25, -0.2) is 14.6 Å². The van der Waals surface area contributed by atoms with Gasteiger partial charge < -0.3 is 19.9 Å². The van der Waals surface area contributed by atoms with Gasteiger partial charge in [0.2, 0.25) is 0 Å². The minimum Gasteiger partial charge on any atom is -0.497 e. The van der Waals surface area contributed by atoms with Crippen LogP contribution in [0.2, 0.25) is 0 Å². The number of nitrogens with zero attached hydrogens (tertiary/aromatic N) is 1. The van der Waals surface area contributed by atoms with Gasteiger partial charge in [0.05, 0.1) is 24.9 Å². The quantitative estimate of drug-likeness (QED) is 0.624. The molecule has 31 heavy (non-hydrogen) atoms. The Bertz CT molecular complexity index is 1010. The molecule has 0 radical (unpaired) electrons. The summed E-state index contributed by atoms with van der Waals surface area (Å²) in [7, 11) is 1.60. The van der Waals surface area contributed by atoms with Crippen molar-refractivity contribution < 1.29 is 24.2 Å². The van der Waals surface area contributed by atoms with Crippen molar-refractivity contribution in [2.75, 3.05) is 13.7 Å². The highest BCUT2D eigenvalue weighted by atomic mass is 32.2. The van der Waals surface area contributed by atoms with Crippen LogP contribution in [-0.4, -0.2) is 35.9 Å². The predicted octanol–water partition coefficient (Wildman–Crippen LogP) is 4.16. The Morgan fingerprint density at radius 3 is 2.39 bits per heavy atom. The van der Waals surface area contributed by atoms with Crippen molar-refractivity contribution in [2.24, 2.45) is 4.99 Å². The highest BCUT2D eigenvalue weighted by Gasteiger charge is 2.30.